The zero-order chi connectivity index (χ0) is 16.7. The lowest BCUT2D eigenvalue weighted by Crippen LogP contribution is -2.30. The molecule has 1 N–H and O–H groups in total. The Balaban J connectivity index is 1.95. The highest BCUT2D eigenvalue weighted by atomic mass is 32.1. The predicted molar refractivity (Wildman–Crippen MR) is 103 cm³/mol. The smallest absolute Gasteiger partial charge is 0.225 e. The lowest BCUT2D eigenvalue weighted by Gasteiger charge is -2.28. The quantitative estimate of drug-likeness (QED) is 0.788. The molecule has 0 unspecified atom stereocenters. The van der Waals surface area contributed by atoms with Gasteiger partial charge in [-0.25, -0.2) is 9.97 Å². The second kappa shape index (κ2) is 6.05. The Bertz CT molecular complexity index is 882. The molecular formula is C17H22N6S. The van der Waals surface area contributed by atoms with E-state index in [-0.39, 0.29) is 0 Å². The van der Waals surface area contributed by atoms with Crippen LogP contribution in [0.5, 0.6) is 0 Å². The summed E-state index contributed by atoms with van der Waals surface area (Å²) in [7, 11) is 5.90. The first-order valence-electron chi connectivity index (χ1n) is 8.38. The molecule has 126 valence electrons. The van der Waals surface area contributed by atoms with E-state index in [1.807, 2.05) is 26.0 Å². The van der Waals surface area contributed by atoms with E-state index < -0.39 is 0 Å². The summed E-state index contributed by atoms with van der Waals surface area (Å²) in [5.74, 6) is 2.70. The molecule has 0 aromatic carbocycles. The van der Waals surface area contributed by atoms with E-state index in [0.717, 1.165) is 45.2 Å². The summed E-state index contributed by atoms with van der Waals surface area (Å²) < 4.78 is 1.15. The normalized spacial score (nSPS) is 15.2. The van der Waals surface area contributed by atoms with Crippen molar-refractivity contribution in [2.75, 3.05) is 49.3 Å². The van der Waals surface area contributed by atoms with E-state index in [0.29, 0.717) is 5.95 Å². The van der Waals surface area contributed by atoms with Gasteiger partial charge in [0.2, 0.25) is 5.95 Å². The fourth-order valence-electron chi connectivity index (χ4n) is 3.18. The number of nitrogens with one attached hydrogen (secondary N) is 1. The summed E-state index contributed by atoms with van der Waals surface area (Å²) in [5.41, 5.74) is 1.01. The van der Waals surface area contributed by atoms with E-state index in [2.05, 4.69) is 22.3 Å². The molecule has 0 spiro atoms. The van der Waals surface area contributed by atoms with Gasteiger partial charge in [-0.2, -0.15) is 4.98 Å². The van der Waals surface area contributed by atoms with Gasteiger partial charge >= 0.3 is 0 Å². The third kappa shape index (κ3) is 2.53. The number of rotatable bonds is 3. The number of fused-ring (bicyclic) bond motifs is 3. The molecule has 0 saturated carbocycles. The van der Waals surface area contributed by atoms with Crippen molar-refractivity contribution >= 4 is 49.4 Å². The molecule has 4 heterocycles. The predicted octanol–water partition coefficient (Wildman–Crippen LogP) is 3.34. The summed E-state index contributed by atoms with van der Waals surface area (Å²) in [5, 5.41) is 4.22. The van der Waals surface area contributed by atoms with E-state index in [9.17, 15) is 0 Å². The van der Waals surface area contributed by atoms with Gasteiger partial charge in [-0.3, -0.25) is 0 Å². The molecule has 6 nitrogen and oxygen atoms in total. The van der Waals surface area contributed by atoms with Crippen molar-refractivity contribution in [2.24, 2.45) is 0 Å². The largest absolute Gasteiger partial charge is 0.363 e. The number of piperidine rings is 1. The van der Waals surface area contributed by atoms with Crippen molar-refractivity contribution in [1.29, 1.82) is 0 Å². The van der Waals surface area contributed by atoms with Gasteiger partial charge in [-0.1, -0.05) is 0 Å². The highest BCUT2D eigenvalue weighted by Gasteiger charge is 2.20. The number of hydrogen-bond acceptors (Lipinski definition) is 7. The molecule has 1 aliphatic heterocycles. The van der Waals surface area contributed by atoms with Crippen LogP contribution in [0.3, 0.4) is 0 Å². The number of thiophene rings is 1. The second-order valence-electron chi connectivity index (χ2n) is 6.36. The number of aromatic nitrogens is 3. The molecule has 4 rings (SSSR count). The van der Waals surface area contributed by atoms with Gasteiger partial charge in [-0.05, 0) is 31.4 Å². The Kier molecular flexibility index (Phi) is 3.88. The standard InChI is InChI=1S/C17H22N6S/c1-18-17-20-13-11-7-8-12(22(2)3)19-16(11)24-14(13)15(21-17)23-9-5-4-6-10-23/h7-8H,4-6,9-10H2,1-3H3,(H,18,20,21). The number of pyridine rings is 1. The van der Waals surface area contributed by atoms with Crippen LogP contribution in [-0.2, 0) is 0 Å². The van der Waals surface area contributed by atoms with Gasteiger partial charge in [-0.15, -0.1) is 11.3 Å². The van der Waals surface area contributed by atoms with Crippen molar-refractivity contribution in [3.8, 4) is 0 Å². The van der Waals surface area contributed by atoms with Crippen molar-refractivity contribution in [2.45, 2.75) is 19.3 Å². The van der Waals surface area contributed by atoms with Gasteiger partial charge in [0, 0.05) is 39.6 Å². The zero-order valence-corrected chi connectivity index (χ0v) is 15.2. The van der Waals surface area contributed by atoms with E-state index in [4.69, 9.17) is 15.0 Å². The van der Waals surface area contributed by atoms with Crippen LogP contribution in [0.25, 0.3) is 20.4 Å². The van der Waals surface area contributed by atoms with Gasteiger partial charge in [0.1, 0.15) is 10.6 Å². The lowest BCUT2D eigenvalue weighted by molar-refractivity contribution is 0.575. The first-order valence-corrected chi connectivity index (χ1v) is 9.20. The maximum Gasteiger partial charge on any atom is 0.225 e. The SMILES string of the molecule is CNc1nc(N2CCCCC2)c2sc3nc(N(C)C)ccc3c2n1. The Labute approximate surface area is 145 Å². The van der Waals surface area contributed by atoms with Crippen LogP contribution in [0.4, 0.5) is 17.6 Å². The van der Waals surface area contributed by atoms with Crippen LogP contribution in [-0.4, -0.2) is 49.2 Å². The Morgan fingerprint density at radius 3 is 2.58 bits per heavy atom. The van der Waals surface area contributed by atoms with Crippen LogP contribution < -0.4 is 15.1 Å². The van der Waals surface area contributed by atoms with Crippen LogP contribution >= 0.6 is 11.3 Å². The molecule has 3 aromatic rings. The third-order valence-corrected chi connectivity index (χ3v) is 5.57. The summed E-state index contributed by atoms with van der Waals surface area (Å²) in [4.78, 5) is 19.7. The molecule has 0 atom stereocenters. The van der Waals surface area contributed by atoms with E-state index in [1.54, 1.807) is 11.3 Å². The van der Waals surface area contributed by atoms with Crippen molar-refractivity contribution < 1.29 is 0 Å². The average molecular weight is 342 g/mol. The minimum Gasteiger partial charge on any atom is -0.363 e. The highest BCUT2D eigenvalue weighted by molar-refractivity contribution is 7.26. The molecular weight excluding hydrogens is 320 g/mol. The lowest BCUT2D eigenvalue weighted by atomic mass is 10.1. The van der Waals surface area contributed by atoms with E-state index >= 15 is 0 Å². The van der Waals surface area contributed by atoms with Gasteiger partial charge in [0.15, 0.2) is 5.82 Å². The maximum atomic E-state index is 4.79. The summed E-state index contributed by atoms with van der Waals surface area (Å²) in [6.45, 7) is 2.14. The molecule has 0 bridgehead atoms. The first-order chi connectivity index (χ1) is 11.7. The van der Waals surface area contributed by atoms with Crippen molar-refractivity contribution in [3.63, 3.8) is 0 Å². The number of nitrogens with zero attached hydrogens (tertiary/aromatic N) is 5. The Morgan fingerprint density at radius 1 is 1.08 bits per heavy atom. The van der Waals surface area contributed by atoms with E-state index in [1.165, 1.54) is 19.3 Å². The molecule has 24 heavy (non-hydrogen) atoms. The fraction of sp³-hybridized carbons (Fsp3) is 0.471. The fourth-order valence-corrected chi connectivity index (χ4v) is 4.31. The average Bonchev–Trinajstić information content (AvgIpc) is 2.99. The molecule has 1 aliphatic rings. The summed E-state index contributed by atoms with van der Waals surface area (Å²) >= 11 is 1.70. The highest BCUT2D eigenvalue weighted by Crippen LogP contribution is 2.38. The molecule has 7 heteroatoms. The number of hydrogen-bond donors (Lipinski definition) is 1. The van der Waals surface area contributed by atoms with Crippen LogP contribution in [0.1, 0.15) is 19.3 Å². The van der Waals surface area contributed by atoms with Crippen LogP contribution in [0, 0.1) is 0 Å². The topological polar surface area (TPSA) is 57.2 Å². The molecule has 0 radical (unpaired) electrons. The molecule has 1 fully saturated rings. The van der Waals surface area contributed by atoms with Crippen LogP contribution in [0.2, 0.25) is 0 Å². The van der Waals surface area contributed by atoms with Gasteiger partial charge in [0.05, 0.1) is 10.2 Å². The minimum atomic E-state index is 0.680. The zero-order valence-electron chi connectivity index (χ0n) is 14.3. The van der Waals surface area contributed by atoms with Gasteiger partial charge in [0.25, 0.3) is 0 Å². The van der Waals surface area contributed by atoms with Crippen molar-refractivity contribution in [1.82, 2.24) is 15.0 Å². The Morgan fingerprint density at radius 2 is 1.88 bits per heavy atom. The molecule has 0 amide bonds. The third-order valence-electron chi connectivity index (χ3n) is 4.48. The summed E-state index contributed by atoms with van der Waals surface area (Å²) in [6.07, 6.45) is 3.77. The number of anilines is 3. The molecule has 0 aliphatic carbocycles. The van der Waals surface area contributed by atoms with Crippen molar-refractivity contribution in [3.05, 3.63) is 12.1 Å². The Hall–Kier alpha value is -2.15. The first kappa shape index (κ1) is 15.4. The molecule has 1 saturated heterocycles. The summed E-state index contributed by atoms with van der Waals surface area (Å²) in [6, 6.07) is 4.18. The molecule has 3 aromatic heterocycles. The van der Waals surface area contributed by atoms with Gasteiger partial charge < -0.3 is 15.1 Å². The van der Waals surface area contributed by atoms with Crippen LogP contribution in [0.15, 0.2) is 12.1 Å². The minimum absolute atomic E-state index is 0.680. The second-order valence-corrected chi connectivity index (χ2v) is 7.36. The monoisotopic (exact) mass is 342 g/mol. The maximum absolute atomic E-state index is 4.79.